The molecule has 5 nitrogen and oxygen atoms in total. The van der Waals surface area contributed by atoms with E-state index in [-0.39, 0.29) is 0 Å². The molecule has 0 unspecified atom stereocenters. The van der Waals surface area contributed by atoms with Crippen LogP contribution in [0.2, 0.25) is 0 Å². The number of ether oxygens (including phenoxy) is 1. The van der Waals surface area contributed by atoms with Crippen molar-refractivity contribution in [3.63, 3.8) is 0 Å². The Morgan fingerprint density at radius 3 is 2.44 bits per heavy atom. The zero-order valence-corrected chi connectivity index (χ0v) is 11.0. The number of hydrogen-bond acceptors (Lipinski definition) is 3. The zero-order valence-electron chi connectivity index (χ0n) is 11.0. The van der Waals surface area contributed by atoms with Crippen LogP contribution in [0.1, 0.15) is 18.1 Å². The van der Waals surface area contributed by atoms with E-state index in [0.717, 1.165) is 11.1 Å². The van der Waals surface area contributed by atoms with Crippen LogP contribution >= 0.6 is 0 Å². The average Bonchev–Trinajstić information content (AvgIpc) is 2.32. The largest absolute Gasteiger partial charge is 0.467 e. The molecule has 0 spiro atoms. The van der Waals surface area contributed by atoms with Gasteiger partial charge in [0, 0.05) is 5.69 Å². The summed E-state index contributed by atoms with van der Waals surface area (Å²) < 4.78 is 4.52. The van der Waals surface area contributed by atoms with E-state index in [0.29, 0.717) is 5.69 Å². The van der Waals surface area contributed by atoms with Crippen molar-refractivity contribution in [2.24, 2.45) is 0 Å². The lowest BCUT2D eigenvalue weighted by Crippen LogP contribution is -2.41. The van der Waals surface area contributed by atoms with Gasteiger partial charge in [0.1, 0.15) is 6.04 Å². The maximum Gasteiger partial charge on any atom is 0.328 e. The molecule has 0 saturated heterocycles. The number of esters is 1. The van der Waals surface area contributed by atoms with Crippen molar-refractivity contribution in [1.29, 1.82) is 0 Å². The Bertz CT molecular complexity index is 458. The minimum atomic E-state index is -0.679. The Balaban J connectivity index is 2.59. The van der Waals surface area contributed by atoms with Crippen LogP contribution in [0, 0.1) is 13.8 Å². The second-order valence-corrected chi connectivity index (χ2v) is 4.14. The molecule has 0 bridgehead atoms. The summed E-state index contributed by atoms with van der Waals surface area (Å²) in [5, 5.41) is 5.15. The highest BCUT2D eigenvalue weighted by atomic mass is 16.5. The molecule has 18 heavy (non-hydrogen) atoms. The number of nitrogens with one attached hydrogen (secondary N) is 2. The molecule has 0 aliphatic heterocycles. The molecule has 0 aromatic heterocycles. The second-order valence-electron chi connectivity index (χ2n) is 4.14. The molecule has 0 radical (unpaired) electrons. The highest BCUT2D eigenvalue weighted by Gasteiger charge is 2.15. The summed E-state index contributed by atoms with van der Waals surface area (Å²) in [6.45, 7) is 5.53. The van der Waals surface area contributed by atoms with Crippen molar-refractivity contribution in [3.05, 3.63) is 29.3 Å². The van der Waals surface area contributed by atoms with Crippen LogP contribution in [-0.2, 0) is 9.53 Å². The van der Waals surface area contributed by atoms with Crippen LogP contribution in [0.5, 0.6) is 0 Å². The fraction of sp³-hybridized carbons (Fsp3) is 0.385. The fourth-order valence-corrected chi connectivity index (χ4v) is 1.42. The van der Waals surface area contributed by atoms with E-state index in [1.165, 1.54) is 7.11 Å². The Labute approximate surface area is 107 Å². The summed E-state index contributed by atoms with van der Waals surface area (Å²) >= 11 is 0. The van der Waals surface area contributed by atoms with Crippen molar-refractivity contribution >= 4 is 17.7 Å². The molecule has 1 atom stereocenters. The van der Waals surface area contributed by atoms with Crippen molar-refractivity contribution in [1.82, 2.24) is 5.32 Å². The predicted molar refractivity (Wildman–Crippen MR) is 69.5 cm³/mol. The van der Waals surface area contributed by atoms with E-state index in [1.807, 2.05) is 32.0 Å². The van der Waals surface area contributed by atoms with E-state index in [2.05, 4.69) is 15.4 Å². The van der Waals surface area contributed by atoms with Gasteiger partial charge in [0.05, 0.1) is 7.11 Å². The molecule has 2 amide bonds. The number of amides is 2. The zero-order chi connectivity index (χ0) is 13.7. The van der Waals surface area contributed by atoms with Crippen LogP contribution in [-0.4, -0.2) is 25.2 Å². The molecular formula is C13H18N2O3. The number of anilines is 1. The minimum absolute atomic E-state index is 0.434. The van der Waals surface area contributed by atoms with Gasteiger partial charge in [0.25, 0.3) is 0 Å². The molecule has 0 saturated carbocycles. The molecule has 0 aliphatic carbocycles. The number of benzene rings is 1. The summed E-state index contributed by atoms with van der Waals surface area (Å²) in [6, 6.07) is 4.50. The molecule has 1 rings (SSSR count). The monoisotopic (exact) mass is 250 g/mol. The third kappa shape index (κ3) is 3.76. The van der Waals surface area contributed by atoms with Crippen molar-refractivity contribution in [2.75, 3.05) is 12.4 Å². The number of carbonyl (C=O) groups excluding carboxylic acids is 2. The van der Waals surface area contributed by atoms with E-state index < -0.39 is 18.0 Å². The quantitative estimate of drug-likeness (QED) is 0.806. The maximum atomic E-state index is 11.6. The Morgan fingerprint density at radius 1 is 1.22 bits per heavy atom. The third-order valence-corrected chi connectivity index (χ3v) is 2.67. The van der Waals surface area contributed by atoms with Gasteiger partial charge in [-0.15, -0.1) is 0 Å². The Morgan fingerprint density at radius 2 is 1.89 bits per heavy atom. The van der Waals surface area contributed by atoms with Gasteiger partial charge < -0.3 is 15.4 Å². The third-order valence-electron chi connectivity index (χ3n) is 2.67. The normalized spacial score (nSPS) is 11.6. The van der Waals surface area contributed by atoms with Gasteiger partial charge in [-0.1, -0.05) is 6.07 Å². The van der Waals surface area contributed by atoms with Crippen LogP contribution in [0.15, 0.2) is 18.2 Å². The van der Waals surface area contributed by atoms with E-state index in [1.54, 1.807) is 6.92 Å². The van der Waals surface area contributed by atoms with Crippen LogP contribution in [0.3, 0.4) is 0 Å². The van der Waals surface area contributed by atoms with Crippen LogP contribution in [0.4, 0.5) is 10.5 Å². The van der Waals surface area contributed by atoms with Gasteiger partial charge in [-0.2, -0.15) is 0 Å². The lowest BCUT2D eigenvalue weighted by molar-refractivity contribution is -0.142. The van der Waals surface area contributed by atoms with E-state index in [4.69, 9.17) is 0 Å². The molecule has 2 N–H and O–H groups in total. The molecule has 98 valence electrons. The first-order chi connectivity index (χ1) is 8.43. The number of carbonyl (C=O) groups is 2. The van der Waals surface area contributed by atoms with Crippen molar-refractivity contribution in [3.8, 4) is 0 Å². The molecule has 0 fully saturated rings. The van der Waals surface area contributed by atoms with Crippen LogP contribution in [0.25, 0.3) is 0 Å². The summed E-state index contributed by atoms with van der Waals surface area (Å²) in [4.78, 5) is 22.7. The number of hydrogen-bond donors (Lipinski definition) is 2. The molecule has 0 aliphatic rings. The summed E-state index contributed by atoms with van der Waals surface area (Å²) in [7, 11) is 1.28. The van der Waals surface area contributed by atoms with Gasteiger partial charge in [-0.05, 0) is 44.0 Å². The summed E-state index contributed by atoms with van der Waals surface area (Å²) in [6.07, 6.45) is 0. The van der Waals surface area contributed by atoms with Crippen LogP contribution < -0.4 is 10.6 Å². The number of methoxy groups -OCH3 is 1. The SMILES string of the molecule is COC(=O)[C@H](C)NC(=O)Nc1ccc(C)c(C)c1. The highest BCUT2D eigenvalue weighted by molar-refractivity contribution is 5.92. The molecule has 1 aromatic rings. The number of aryl methyl sites for hydroxylation is 2. The Kier molecular flexibility index (Phi) is 4.71. The fourth-order valence-electron chi connectivity index (χ4n) is 1.42. The smallest absolute Gasteiger partial charge is 0.328 e. The van der Waals surface area contributed by atoms with E-state index >= 15 is 0 Å². The molecule has 5 heteroatoms. The summed E-state index contributed by atoms with van der Waals surface area (Å²) in [5.74, 6) is -0.481. The van der Waals surface area contributed by atoms with Gasteiger partial charge in [-0.3, -0.25) is 0 Å². The van der Waals surface area contributed by atoms with Gasteiger partial charge >= 0.3 is 12.0 Å². The first-order valence-electron chi connectivity index (χ1n) is 5.66. The lowest BCUT2D eigenvalue weighted by atomic mass is 10.1. The lowest BCUT2D eigenvalue weighted by Gasteiger charge is -2.13. The predicted octanol–water partition coefficient (Wildman–Crippen LogP) is 1.99. The first kappa shape index (κ1) is 14.0. The summed E-state index contributed by atoms with van der Waals surface area (Å²) in [5.41, 5.74) is 2.94. The second kappa shape index (κ2) is 6.05. The first-order valence-corrected chi connectivity index (χ1v) is 5.66. The number of urea groups is 1. The highest BCUT2D eigenvalue weighted by Crippen LogP contribution is 2.13. The topological polar surface area (TPSA) is 67.4 Å². The maximum absolute atomic E-state index is 11.6. The Hall–Kier alpha value is -2.04. The minimum Gasteiger partial charge on any atom is -0.467 e. The number of rotatable bonds is 3. The van der Waals surface area contributed by atoms with Crippen molar-refractivity contribution in [2.45, 2.75) is 26.8 Å². The van der Waals surface area contributed by atoms with Crippen molar-refractivity contribution < 1.29 is 14.3 Å². The standard InChI is InChI=1S/C13H18N2O3/c1-8-5-6-11(7-9(8)2)15-13(17)14-10(3)12(16)18-4/h5-7,10H,1-4H3,(H2,14,15,17)/t10-/m0/s1. The molecule has 0 heterocycles. The molecule has 1 aromatic carbocycles. The van der Waals surface area contributed by atoms with Gasteiger partial charge in [0.2, 0.25) is 0 Å². The molecular weight excluding hydrogens is 232 g/mol. The van der Waals surface area contributed by atoms with E-state index in [9.17, 15) is 9.59 Å². The average molecular weight is 250 g/mol. The van der Waals surface area contributed by atoms with Gasteiger partial charge in [-0.25, -0.2) is 9.59 Å². The van der Waals surface area contributed by atoms with Gasteiger partial charge in [0.15, 0.2) is 0 Å².